The van der Waals surface area contributed by atoms with Gasteiger partial charge in [-0.1, -0.05) is 31.9 Å². The van der Waals surface area contributed by atoms with E-state index in [1.54, 1.807) is 12.1 Å². The second-order valence-corrected chi connectivity index (χ2v) is 5.40. The van der Waals surface area contributed by atoms with E-state index in [-0.39, 0.29) is 23.6 Å². The number of rotatable bonds is 7. The summed E-state index contributed by atoms with van der Waals surface area (Å²) >= 11 is 1.42. The lowest BCUT2D eigenvalue weighted by molar-refractivity contribution is -0.141. The summed E-state index contributed by atoms with van der Waals surface area (Å²) in [6, 6.07) is 7.27. The van der Waals surface area contributed by atoms with Crippen molar-refractivity contribution in [1.82, 2.24) is 0 Å². The second-order valence-electron chi connectivity index (χ2n) is 4.13. The van der Waals surface area contributed by atoms with Crippen LogP contribution in [0.2, 0.25) is 0 Å². The smallest absolute Gasteiger partial charge is 0.320 e. The fraction of sp³-hybridized carbons (Fsp3) is 0.375. The van der Waals surface area contributed by atoms with Gasteiger partial charge in [0.25, 0.3) is 0 Å². The van der Waals surface area contributed by atoms with Crippen LogP contribution in [0.5, 0.6) is 0 Å². The minimum Gasteiger partial charge on any atom is -0.452 e. The van der Waals surface area contributed by atoms with Crippen LogP contribution < -0.4 is 0 Å². The van der Waals surface area contributed by atoms with Crippen molar-refractivity contribution >= 4 is 23.5 Å². The number of terminal acetylenes is 1. The molecule has 0 bridgehead atoms. The number of carbonyl (C=O) groups is 2. The molecule has 0 aliphatic carbocycles. The van der Waals surface area contributed by atoms with E-state index in [1.165, 1.54) is 11.8 Å². The third kappa shape index (κ3) is 4.75. The molecule has 1 aromatic rings. The van der Waals surface area contributed by atoms with Crippen LogP contribution in [0.1, 0.15) is 37.0 Å². The van der Waals surface area contributed by atoms with Gasteiger partial charge in [0.1, 0.15) is 5.25 Å². The molecule has 0 aliphatic heterocycles. The predicted molar refractivity (Wildman–Crippen MR) is 80.8 cm³/mol. The first-order valence-electron chi connectivity index (χ1n) is 6.52. The molecule has 1 rings (SSSR count). The third-order valence-corrected chi connectivity index (χ3v) is 4.06. The van der Waals surface area contributed by atoms with E-state index in [4.69, 9.17) is 11.2 Å². The van der Waals surface area contributed by atoms with E-state index in [2.05, 4.69) is 5.92 Å². The number of ether oxygens (including phenoxy) is 1. The van der Waals surface area contributed by atoms with Crippen LogP contribution in [0, 0.1) is 12.3 Å². The SMILES string of the molecule is C#CCOC(=O)C(CC)Sc1ccc(C(=O)CC)cc1. The molecule has 3 nitrogen and oxygen atoms in total. The molecule has 0 fully saturated rings. The highest BCUT2D eigenvalue weighted by Gasteiger charge is 2.19. The van der Waals surface area contributed by atoms with Gasteiger partial charge in [-0.25, -0.2) is 0 Å². The Morgan fingerprint density at radius 2 is 1.95 bits per heavy atom. The molecule has 4 heteroatoms. The van der Waals surface area contributed by atoms with Crippen LogP contribution in [-0.4, -0.2) is 23.6 Å². The quantitative estimate of drug-likeness (QED) is 0.334. The number of thioether (sulfide) groups is 1. The zero-order valence-corrected chi connectivity index (χ0v) is 12.5. The maximum atomic E-state index is 11.8. The summed E-state index contributed by atoms with van der Waals surface area (Å²) < 4.78 is 4.95. The molecule has 1 unspecified atom stereocenters. The Labute approximate surface area is 124 Å². The van der Waals surface area contributed by atoms with Gasteiger partial charge >= 0.3 is 5.97 Å². The summed E-state index contributed by atoms with van der Waals surface area (Å²) in [5.41, 5.74) is 0.694. The van der Waals surface area contributed by atoms with E-state index in [1.807, 2.05) is 26.0 Å². The highest BCUT2D eigenvalue weighted by molar-refractivity contribution is 8.00. The van der Waals surface area contributed by atoms with E-state index in [0.717, 1.165) is 4.90 Å². The van der Waals surface area contributed by atoms with Crippen molar-refractivity contribution < 1.29 is 14.3 Å². The number of hydrogen-bond donors (Lipinski definition) is 0. The monoisotopic (exact) mass is 290 g/mol. The number of ketones is 1. The van der Waals surface area contributed by atoms with Crippen molar-refractivity contribution in [1.29, 1.82) is 0 Å². The number of benzene rings is 1. The first kappa shape index (κ1) is 16.3. The largest absolute Gasteiger partial charge is 0.452 e. The van der Waals surface area contributed by atoms with Gasteiger partial charge in [0.15, 0.2) is 12.4 Å². The molecule has 0 spiro atoms. The predicted octanol–water partition coefficient (Wildman–Crippen LogP) is 3.33. The molecular formula is C16H18O3S. The van der Waals surface area contributed by atoms with Crippen molar-refractivity contribution in [3.05, 3.63) is 29.8 Å². The van der Waals surface area contributed by atoms with Gasteiger partial charge in [0.05, 0.1) is 0 Å². The van der Waals surface area contributed by atoms with Gasteiger partial charge in [0.2, 0.25) is 0 Å². The Morgan fingerprint density at radius 1 is 1.30 bits per heavy atom. The number of Topliss-reactive ketones (excluding diaryl/α,β-unsaturated/α-hetero) is 1. The number of hydrogen-bond acceptors (Lipinski definition) is 4. The molecule has 0 heterocycles. The average Bonchev–Trinajstić information content (AvgIpc) is 2.50. The summed E-state index contributed by atoms with van der Waals surface area (Å²) in [5.74, 6) is 2.09. The molecular weight excluding hydrogens is 272 g/mol. The lowest BCUT2D eigenvalue weighted by Gasteiger charge is -2.12. The van der Waals surface area contributed by atoms with Crippen molar-refractivity contribution in [2.24, 2.45) is 0 Å². The minimum absolute atomic E-state index is 0.000166. The van der Waals surface area contributed by atoms with Crippen LogP contribution in [0.4, 0.5) is 0 Å². The highest BCUT2D eigenvalue weighted by Crippen LogP contribution is 2.26. The maximum Gasteiger partial charge on any atom is 0.320 e. The van der Waals surface area contributed by atoms with Crippen molar-refractivity contribution in [3.8, 4) is 12.3 Å². The van der Waals surface area contributed by atoms with E-state index >= 15 is 0 Å². The van der Waals surface area contributed by atoms with E-state index in [0.29, 0.717) is 18.4 Å². The van der Waals surface area contributed by atoms with Gasteiger partial charge in [-0.3, -0.25) is 9.59 Å². The maximum absolute atomic E-state index is 11.8. The molecule has 0 N–H and O–H groups in total. The zero-order valence-electron chi connectivity index (χ0n) is 11.7. The van der Waals surface area contributed by atoms with Gasteiger partial charge in [-0.05, 0) is 18.6 Å². The fourth-order valence-electron chi connectivity index (χ4n) is 1.59. The lowest BCUT2D eigenvalue weighted by Crippen LogP contribution is -2.19. The third-order valence-electron chi connectivity index (χ3n) is 2.71. The summed E-state index contributed by atoms with van der Waals surface area (Å²) in [7, 11) is 0. The first-order valence-corrected chi connectivity index (χ1v) is 7.40. The molecule has 0 saturated carbocycles. The normalized spacial score (nSPS) is 11.4. The van der Waals surface area contributed by atoms with Crippen molar-refractivity contribution in [2.45, 2.75) is 36.8 Å². The van der Waals surface area contributed by atoms with Crippen molar-refractivity contribution in [2.75, 3.05) is 6.61 Å². The number of esters is 1. The van der Waals surface area contributed by atoms with E-state index < -0.39 is 0 Å². The van der Waals surface area contributed by atoms with Crippen LogP contribution in [0.15, 0.2) is 29.2 Å². The van der Waals surface area contributed by atoms with Gasteiger partial charge < -0.3 is 4.74 Å². The molecule has 1 atom stereocenters. The molecule has 0 saturated heterocycles. The van der Waals surface area contributed by atoms with Crippen molar-refractivity contribution in [3.63, 3.8) is 0 Å². The first-order chi connectivity index (χ1) is 9.62. The van der Waals surface area contributed by atoms with Crippen LogP contribution in [-0.2, 0) is 9.53 Å². The standard InChI is InChI=1S/C16H18O3S/c1-4-11-19-16(18)15(6-3)20-13-9-7-12(8-10-13)14(17)5-2/h1,7-10,15H,5-6,11H2,2-3H3. The molecule has 0 amide bonds. The molecule has 20 heavy (non-hydrogen) atoms. The van der Waals surface area contributed by atoms with Gasteiger partial charge in [-0.2, -0.15) is 0 Å². The average molecular weight is 290 g/mol. The molecule has 1 aromatic carbocycles. The Kier molecular flexibility index (Phi) is 6.89. The molecule has 106 valence electrons. The summed E-state index contributed by atoms with van der Waals surface area (Å²) in [5, 5.41) is -0.281. The Bertz CT molecular complexity index is 499. The summed E-state index contributed by atoms with van der Waals surface area (Å²) in [4.78, 5) is 24.2. The number of carbonyl (C=O) groups excluding carboxylic acids is 2. The van der Waals surface area contributed by atoms with Crippen LogP contribution in [0.25, 0.3) is 0 Å². The fourth-order valence-corrected chi connectivity index (χ4v) is 2.54. The minimum atomic E-state index is -0.302. The second kappa shape index (κ2) is 8.44. The Morgan fingerprint density at radius 3 is 2.45 bits per heavy atom. The zero-order chi connectivity index (χ0) is 15.0. The Hall–Kier alpha value is -1.73. The summed E-state index contributed by atoms with van der Waals surface area (Å²) in [6.07, 6.45) is 6.21. The highest BCUT2D eigenvalue weighted by atomic mass is 32.2. The van der Waals surface area contributed by atoms with Gasteiger partial charge in [-0.15, -0.1) is 18.2 Å². The lowest BCUT2D eigenvalue weighted by atomic mass is 10.1. The Balaban J connectivity index is 2.68. The molecule has 0 radical (unpaired) electrons. The van der Waals surface area contributed by atoms with Crippen LogP contribution >= 0.6 is 11.8 Å². The van der Waals surface area contributed by atoms with Gasteiger partial charge in [0, 0.05) is 16.9 Å². The summed E-state index contributed by atoms with van der Waals surface area (Å²) in [6.45, 7) is 3.75. The molecule has 0 aromatic heterocycles. The van der Waals surface area contributed by atoms with E-state index in [9.17, 15) is 9.59 Å². The van der Waals surface area contributed by atoms with Crippen LogP contribution in [0.3, 0.4) is 0 Å². The molecule has 0 aliphatic rings. The topological polar surface area (TPSA) is 43.4 Å².